The van der Waals surface area contributed by atoms with Crippen LogP contribution in [0.25, 0.3) is 0 Å². The molecule has 0 aromatic carbocycles. The Bertz CT molecular complexity index is 256. The zero-order valence-corrected chi connectivity index (χ0v) is 9.21. The third kappa shape index (κ3) is 2.88. The fraction of sp³-hybridized carbons (Fsp3) is 0.833. The Morgan fingerprint density at radius 3 is 2.53 bits per heavy atom. The maximum Gasteiger partial charge on any atom is 0.138 e. The largest absolute Gasteiger partial charge is 0.303 e. The van der Waals surface area contributed by atoms with Crippen molar-refractivity contribution in [3.05, 3.63) is 0 Å². The number of carbonyl (C=O) groups excluding carboxylic acids is 2. The van der Waals surface area contributed by atoms with Gasteiger partial charge in [0.25, 0.3) is 0 Å². The van der Waals surface area contributed by atoms with E-state index >= 15 is 0 Å². The van der Waals surface area contributed by atoms with Gasteiger partial charge in [0.2, 0.25) is 0 Å². The number of hydrogen-bond acceptors (Lipinski definition) is 3. The third-order valence-corrected chi connectivity index (χ3v) is 3.51. The molecule has 2 rings (SSSR count). The normalized spacial score (nSPS) is 29.5. The molecule has 1 saturated heterocycles. The monoisotopic (exact) mass is 209 g/mol. The molecule has 15 heavy (non-hydrogen) atoms. The van der Waals surface area contributed by atoms with E-state index in [4.69, 9.17) is 0 Å². The first-order valence-corrected chi connectivity index (χ1v) is 6.02. The number of nitrogens with zero attached hydrogens (tertiary/aromatic N) is 1. The van der Waals surface area contributed by atoms with Gasteiger partial charge in [0.1, 0.15) is 11.6 Å². The molecule has 84 valence electrons. The zero-order valence-electron chi connectivity index (χ0n) is 9.21. The fourth-order valence-corrected chi connectivity index (χ4v) is 2.58. The summed E-state index contributed by atoms with van der Waals surface area (Å²) in [5, 5.41) is 0. The summed E-state index contributed by atoms with van der Waals surface area (Å²) in [6.07, 6.45) is 5.26. The van der Waals surface area contributed by atoms with Crippen LogP contribution in [-0.2, 0) is 9.59 Å². The van der Waals surface area contributed by atoms with Crippen LogP contribution in [0.15, 0.2) is 0 Å². The molecule has 0 amide bonds. The second kappa shape index (κ2) is 4.88. The van der Waals surface area contributed by atoms with Crippen molar-refractivity contribution in [2.24, 2.45) is 5.92 Å². The van der Waals surface area contributed by atoms with Crippen molar-refractivity contribution in [2.45, 2.75) is 38.5 Å². The summed E-state index contributed by atoms with van der Waals surface area (Å²) in [6, 6.07) is 0. The molecule has 0 aromatic heterocycles. The molecular formula is C12H19NO2. The van der Waals surface area contributed by atoms with Crippen LogP contribution in [0, 0.1) is 5.92 Å². The van der Waals surface area contributed by atoms with Crippen molar-refractivity contribution >= 4 is 11.6 Å². The predicted octanol–water partition coefficient (Wildman–Crippen LogP) is 1.41. The Hall–Kier alpha value is -0.700. The van der Waals surface area contributed by atoms with Gasteiger partial charge in [-0.05, 0) is 25.9 Å². The number of Topliss-reactive ketones (excluding diaryl/α,β-unsaturated/α-hetero) is 2. The van der Waals surface area contributed by atoms with E-state index in [0.717, 1.165) is 19.6 Å². The van der Waals surface area contributed by atoms with Crippen LogP contribution in [0.5, 0.6) is 0 Å². The molecule has 3 nitrogen and oxygen atoms in total. The van der Waals surface area contributed by atoms with E-state index in [-0.39, 0.29) is 11.7 Å². The Morgan fingerprint density at radius 1 is 1.07 bits per heavy atom. The highest BCUT2D eigenvalue weighted by Crippen LogP contribution is 2.20. The summed E-state index contributed by atoms with van der Waals surface area (Å²) in [6.45, 7) is 3.04. The first-order chi connectivity index (χ1) is 7.25. The number of ketones is 2. The van der Waals surface area contributed by atoms with E-state index in [2.05, 4.69) is 4.90 Å². The maximum atomic E-state index is 11.6. The van der Waals surface area contributed by atoms with Gasteiger partial charge in [0.15, 0.2) is 0 Å². The molecule has 1 aliphatic carbocycles. The summed E-state index contributed by atoms with van der Waals surface area (Å²) >= 11 is 0. The first kappa shape index (κ1) is 10.8. The van der Waals surface area contributed by atoms with Gasteiger partial charge in [-0.2, -0.15) is 0 Å². The molecule has 0 bridgehead atoms. The molecule has 1 atom stereocenters. The molecule has 1 saturated carbocycles. The summed E-state index contributed by atoms with van der Waals surface area (Å²) in [4.78, 5) is 25.3. The van der Waals surface area contributed by atoms with Crippen molar-refractivity contribution in [2.75, 3.05) is 19.6 Å². The topological polar surface area (TPSA) is 37.4 Å². The zero-order chi connectivity index (χ0) is 10.7. The molecule has 1 aliphatic heterocycles. The van der Waals surface area contributed by atoms with Gasteiger partial charge < -0.3 is 4.90 Å². The van der Waals surface area contributed by atoms with E-state index in [0.29, 0.717) is 25.0 Å². The minimum atomic E-state index is 0.00403. The van der Waals surface area contributed by atoms with Crippen LogP contribution < -0.4 is 0 Å². The molecule has 1 unspecified atom stereocenters. The highest BCUT2D eigenvalue weighted by molar-refractivity contribution is 5.94. The van der Waals surface area contributed by atoms with Crippen molar-refractivity contribution in [1.82, 2.24) is 4.90 Å². The van der Waals surface area contributed by atoms with Crippen LogP contribution >= 0.6 is 0 Å². The predicted molar refractivity (Wildman–Crippen MR) is 57.6 cm³/mol. The number of carbonyl (C=O) groups is 2. The molecule has 2 fully saturated rings. The lowest BCUT2D eigenvalue weighted by Gasteiger charge is -2.30. The molecular weight excluding hydrogens is 190 g/mol. The SMILES string of the molecule is O=C1CCC(=O)C(CN2CCCCC2)C1. The number of hydrogen-bond donors (Lipinski definition) is 0. The maximum absolute atomic E-state index is 11.6. The highest BCUT2D eigenvalue weighted by atomic mass is 16.1. The van der Waals surface area contributed by atoms with Crippen LogP contribution in [0.3, 0.4) is 0 Å². The molecule has 1 heterocycles. The molecule has 0 N–H and O–H groups in total. The van der Waals surface area contributed by atoms with E-state index in [1.807, 2.05) is 0 Å². The molecule has 0 aromatic rings. The standard InChI is InChI=1S/C12H19NO2/c14-11-4-5-12(15)10(8-11)9-13-6-2-1-3-7-13/h10H,1-9H2. The second-order valence-electron chi connectivity index (χ2n) is 4.77. The van der Waals surface area contributed by atoms with E-state index in [1.54, 1.807) is 0 Å². The summed E-state index contributed by atoms with van der Waals surface area (Å²) in [5.41, 5.74) is 0. The van der Waals surface area contributed by atoms with Gasteiger partial charge in [-0.15, -0.1) is 0 Å². The van der Waals surface area contributed by atoms with Crippen molar-refractivity contribution in [3.63, 3.8) is 0 Å². The summed E-state index contributed by atoms with van der Waals surface area (Å²) in [5.74, 6) is 0.584. The Kier molecular flexibility index (Phi) is 3.52. The minimum absolute atomic E-state index is 0.00403. The average Bonchev–Trinajstić information content (AvgIpc) is 2.25. The fourth-order valence-electron chi connectivity index (χ4n) is 2.58. The number of rotatable bonds is 2. The van der Waals surface area contributed by atoms with Crippen molar-refractivity contribution < 1.29 is 9.59 Å². The highest BCUT2D eigenvalue weighted by Gasteiger charge is 2.28. The first-order valence-electron chi connectivity index (χ1n) is 6.02. The molecule has 2 aliphatic rings. The van der Waals surface area contributed by atoms with E-state index in [9.17, 15) is 9.59 Å². The van der Waals surface area contributed by atoms with E-state index in [1.165, 1.54) is 19.3 Å². The van der Waals surface area contributed by atoms with Gasteiger partial charge in [-0.1, -0.05) is 6.42 Å². The van der Waals surface area contributed by atoms with Gasteiger partial charge >= 0.3 is 0 Å². The molecule has 3 heteroatoms. The Morgan fingerprint density at radius 2 is 1.80 bits per heavy atom. The van der Waals surface area contributed by atoms with Gasteiger partial charge in [-0.3, -0.25) is 9.59 Å². The van der Waals surface area contributed by atoms with Crippen LogP contribution in [0.1, 0.15) is 38.5 Å². The second-order valence-corrected chi connectivity index (χ2v) is 4.77. The number of likely N-dealkylation sites (tertiary alicyclic amines) is 1. The quantitative estimate of drug-likeness (QED) is 0.690. The molecule has 0 spiro atoms. The van der Waals surface area contributed by atoms with Crippen molar-refractivity contribution in [1.29, 1.82) is 0 Å². The lowest BCUT2D eigenvalue weighted by molar-refractivity contribution is -0.133. The summed E-state index contributed by atoms with van der Waals surface area (Å²) < 4.78 is 0. The Labute approximate surface area is 90.8 Å². The van der Waals surface area contributed by atoms with Crippen LogP contribution in [0.4, 0.5) is 0 Å². The third-order valence-electron chi connectivity index (χ3n) is 3.51. The lowest BCUT2D eigenvalue weighted by atomic mass is 9.86. The van der Waals surface area contributed by atoms with Crippen LogP contribution in [-0.4, -0.2) is 36.1 Å². The smallest absolute Gasteiger partial charge is 0.138 e. The van der Waals surface area contributed by atoms with Crippen LogP contribution in [0.2, 0.25) is 0 Å². The van der Waals surface area contributed by atoms with Gasteiger partial charge in [0, 0.05) is 31.7 Å². The van der Waals surface area contributed by atoms with Gasteiger partial charge in [0.05, 0.1) is 0 Å². The lowest BCUT2D eigenvalue weighted by Crippen LogP contribution is -2.39. The molecule has 0 radical (unpaired) electrons. The van der Waals surface area contributed by atoms with Gasteiger partial charge in [-0.25, -0.2) is 0 Å². The number of piperidine rings is 1. The Balaban J connectivity index is 1.85. The average molecular weight is 209 g/mol. The summed E-state index contributed by atoms with van der Waals surface area (Å²) in [7, 11) is 0. The van der Waals surface area contributed by atoms with Crippen molar-refractivity contribution in [3.8, 4) is 0 Å². The van der Waals surface area contributed by atoms with E-state index < -0.39 is 0 Å². The minimum Gasteiger partial charge on any atom is -0.303 e.